The van der Waals surface area contributed by atoms with Crippen LogP contribution in [0, 0.1) is 0 Å². The molecule has 4 rings (SSSR count). The first-order valence-corrected chi connectivity index (χ1v) is 9.86. The van der Waals surface area contributed by atoms with Crippen molar-refractivity contribution in [2.45, 2.75) is 19.4 Å². The van der Waals surface area contributed by atoms with Crippen molar-refractivity contribution in [1.29, 1.82) is 0 Å². The fraction of sp³-hybridized carbons (Fsp3) is 0.217. The van der Waals surface area contributed by atoms with E-state index in [2.05, 4.69) is 34.6 Å². The molecule has 28 heavy (non-hydrogen) atoms. The molecule has 1 N–H and O–H groups in total. The van der Waals surface area contributed by atoms with Gasteiger partial charge in [-0.25, -0.2) is 0 Å². The summed E-state index contributed by atoms with van der Waals surface area (Å²) in [5.41, 5.74) is 5.21. The summed E-state index contributed by atoms with van der Waals surface area (Å²) in [6.07, 6.45) is 5.14. The molecule has 5 heteroatoms. The van der Waals surface area contributed by atoms with Crippen molar-refractivity contribution in [2.75, 3.05) is 18.4 Å². The number of anilines is 1. The second kappa shape index (κ2) is 8.44. The number of hydrogen-bond acceptors (Lipinski definition) is 3. The predicted octanol–water partition coefficient (Wildman–Crippen LogP) is 4.59. The second-order valence-corrected chi connectivity index (χ2v) is 7.45. The lowest BCUT2D eigenvalue weighted by molar-refractivity contribution is 0.0734. The quantitative estimate of drug-likeness (QED) is 0.692. The van der Waals surface area contributed by atoms with Crippen LogP contribution in [0.3, 0.4) is 0 Å². The molecule has 0 saturated carbocycles. The maximum Gasteiger partial charge on any atom is 0.255 e. The van der Waals surface area contributed by atoms with Gasteiger partial charge in [-0.3, -0.25) is 9.78 Å². The smallest absolute Gasteiger partial charge is 0.255 e. The first kappa shape index (κ1) is 18.5. The number of benzene rings is 2. The zero-order valence-electron chi connectivity index (χ0n) is 15.6. The van der Waals surface area contributed by atoms with E-state index in [9.17, 15) is 4.79 Å². The Balaban J connectivity index is 1.39. The van der Waals surface area contributed by atoms with Gasteiger partial charge in [0.2, 0.25) is 0 Å². The predicted molar refractivity (Wildman–Crippen MR) is 113 cm³/mol. The summed E-state index contributed by atoms with van der Waals surface area (Å²) in [5, 5.41) is 4.10. The van der Waals surface area contributed by atoms with Gasteiger partial charge in [0.15, 0.2) is 0 Å². The largest absolute Gasteiger partial charge is 0.383 e. The molecular weight excluding hydrogens is 370 g/mol. The Morgan fingerprint density at radius 2 is 1.93 bits per heavy atom. The van der Waals surface area contributed by atoms with E-state index >= 15 is 0 Å². The third-order valence-electron chi connectivity index (χ3n) is 5.03. The highest BCUT2D eigenvalue weighted by atomic mass is 35.5. The van der Waals surface area contributed by atoms with E-state index in [-0.39, 0.29) is 5.91 Å². The summed E-state index contributed by atoms with van der Waals surface area (Å²) >= 11 is 6.03. The lowest BCUT2D eigenvalue weighted by Crippen LogP contribution is -2.36. The maximum absolute atomic E-state index is 12.9. The third-order valence-corrected chi connectivity index (χ3v) is 5.27. The Morgan fingerprint density at radius 1 is 1.07 bits per heavy atom. The van der Waals surface area contributed by atoms with E-state index in [1.54, 1.807) is 12.4 Å². The van der Waals surface area contributed by atoms with Crippen molar-refractivity contribution in [3.8, 4) is 0 Å². The molecule has 1 aliphatic rings. The number of nitrogens with zero attached hydrogens (tertiary/aromatic N) is 2. The molecular formula is C23H22ClN3O. The van der Waals surface area contributed by atoms with Crippen LogP contribution in [0.25, 0.3) is 0 Å². The fourth-order valence-corrected chi connectivity index (χ4v) is 3.76. The number of nitrogens with one attached hydrogen (secondary N) is 1. The van der Waals surface area contributed by atoms with Crippen LogP contribution >= 0.6 is 11.6 Å². The van der Waals surface area contributed by atoms with Crippen molar-refractivity contribution in [3.05, 3.63) is 94.3 Å². The lowest BCUT2D eigenvalue weighted by atomic mass is 9.99. The summed E-state index contributed by atoms with van der Waals surface area (Å²) in [6, 6.07) is 18.1. The van der Waals surface area contributed by atoms with E-state index in [0.29, 0.717) is 12.1 Å². The van der Waals surface area contributed by atoms with Crippen LogP contribution in [-0.4, -0.2) is 28.9 Å². The SMILES string of the molecule is O=C(c1cncc(NCCc2cccc(Cl)c2)c1)N1CCc2ccccc2C1. The summed E-state index contributed by atoms with van der Waals surface area (Å²) < 4.78 is 0. The number of rotatable bonds is 5. The van der Waals surface area contributed by atoms with Crippen LogP contribution in [-0.2, 0) is 19.4 Å². The van der Waals surface area contributed by atoms with Crippen molar-refractivity contribution >= 4 is 23.2 Å². The zero-order valence-corrected chi connectivity index (χ0v) is 16.3. The monoisotopic (exact) mass is 391 g/mol. The Kier molecular flexibility index (Phi) is 5.58. The van der Waals surface area contributed by atoms with E-state index in [4.69, 9.17) is 11.6 Å². The van der Waals surface area contributed by atoms with Gasteiger partial charge in [0.25, 0.3) is 5.91 Å². The highest BCUT2D eigenvalue weighted by Gasteiger charge is 2.21. The van der Waals surface area contributed by atoms with Crippen LogP contribution in [0.15, 0.2) is 67.0 Å². The molecule has 2 aromatic carbocycles. The number of halogens is 1. The van der Waals surface area contributed by atoms with Crippen molar-refractivity contribution in [3.63, 3.8) is 0 Å². The second-order valence-electron chi connectivity index (χ2n) is 7.01. The molecule has 1 aromatic heterocycles. The highest BCUT2D eigenvalue weighted by molar-refractivity contribution is 6.30. The molecule has 0 fully saturated rings. The number of amides is 1. The van der Waals surface area contributed by atoms with Crippen LogP contribution < -0.4 is 5.32 Å². The highest BCUT2D eigenvalue weighted by Crippen LogP contribution is 2.21. The average Bonchev–Trinajstić information content (AvgIpc) is 2.73. The molecule has 0 unspecified atom stereocenters. The first-order valence-electron chi connectivity index (χ1n) is 9.48. The van der Waals surface area contributed by atoms with Crippen molar-refractivity contribution in [1.82, 2.24) is 9.88 Å². The number of hydrogen-bond donors (Lipinski definition) is 1. The van der Waals surface area contributed by atoms with E-state index in [1.807, 2.05) is 35.2 Å². The van der Waals surface area contributed by atoms with Crippen molar-refractivity contribution < 1.29 is 4.79 Å². The van der Waals surface area contributed by atoms with E-state index in [1.165, 1.54) is 16.7 Å². The molecule has 0 bridgehead atoms. The average molecular weight is 392 g/mol. The molecule has 0 saturated heterocycles. The van der Waals surface area contributed by atoms with Gasteiger partial charge in [0.05, 0.1) is 11.3 Å². The number of pyridine rings is 1. The summed E-state index contributed by atoms with van der Waals surface area (Å²) in [6.45, 7) is 2.14. The molecule has 0 atom stereocenters. The third kappa shape index (κ3) is 4.34. The van der Waals surface area contributed by atoms with Crippen LogP contribution in [0.2, 0.25) is 5.02 Å². The molecule has 0 aliphatic carbocycles. The van der Waals surface area contributed by atoms with E-state index < -0.39 is 0 Å². The molecule has 1 aliphatic heterocycles. The van der Waals surface area contributed by atoms with Gasteiger partial charge < -0.3 is 10.2 Å². The molecule has 1 amide bonds. The van der Waals surface area contributed by atoms with Gasteiger partial charge in [-0.05, 0) is 47.7 Å². The Labute approximate surface area is 170 Å². The minimum absolute atomic E-state index is 0.0282. The Hall–Kier alpha value is -2.85. The number of aromatic nitrogens is 1. The number of carbonyl (C=O) groups excluding carboxylic acids is 1. The minimum Gasteiger partial charge on any atom is -0.383 e. The molecule has 3 aromatic rings. The summed E-state index contributed by atoms with van der Waals surface area (Å²) in [4.78, 5) is 19.1. The van der Waals surface area contributed by atoms with Crippen LogP contribution in [0.4, 0.5) is 5.69 Å². The summed E-state index contributed by atoms with van der Waals surface area (Å²) in [5.74, 6) is 0.0282. The van der Waals surface area contributed by atoms with Gasteiger partial charge in [-0.15, -0.1) is 0 Å². The zero-order chi connectivity index (χ0) is 19.3. The fourth-order valence-electron chi connectivity index (χ4n) is 3.55. The molecule has 0 spiro atoms. The standard InChI is InChI=1S/C23H22ClN3O/c24-21-7-3-4-17(12-21)8-10-26-22-13-20(14-25-15-22)23(28)27-11-9-18-5-1-2-6-19(18)16-27/h1-7,12-15,26H,8-11,16H2. The van der Waals surface area contributed by atoms with Gasteiger partial charge in [0.1, 0.15) is 0 Å². The van der Waals surface area contributed by atoms with Gasteiger partial charge >= 0.3 is 0 Å². The lowest BCUT2D eigenvalue weighted by Gasteiger charge is -2.29. The van der Waals surface area contributed by atoms with Gasteiger partial charge in [-0.2, -0.15) is 0 Å². The van der Waals surface area contributed by atoms with Crippen LogP contribution in [0.1, 0.15) is 27.0 Å². The summed E-state index contributed by atoms with van der Waals surface area (Å²) in [7, 11) is 0. The number of fused-ring (bicyclic) bond motifs is 1. The Bertz CT molecular complexity index is 989. The number of carbonyl (C=O) groups is 1. The normalized spacial score (nSPS) is 13.1. The van der Waals surface area contributed by atoms with Crippen LogP contribution in [0.5, 0.6) is 0 Å². The molecule has 2 heterocycles. The topological polar surface area (TPSA) is 45.2 Å². The van der Waals surface area contributed by atoms with Gasteiger partial charge in [0, 0.05) is 37.1 Å². The van der Waals surface area contributed by atoms with Gasteiger partial charge in [-0.1, -0.05) is 48.0 Å². The molecule has 0 radical (unpaired) electrons. The first-order chi connectivity index (χ1) is 13.7. The molecule has 142 valence electrons. The van der Waals surface area contributed by atoms with E-state index in [0.717, 1.165) is 36.6 Å². The maximum atomic E-state index is 12.9. The Morgan fingerprint density at radius 3 is 2.79 bits per heavy atom. The molecule has 4 nitrogen and oxygen atoms in total. The van der Waals surface area contributed by atoms with Crippen molar-refractivity contribution in [2.24, 2.45) is 0 Å². The minimum atomic E-state index is 0.0282.